The van der Waals surface area contributed by atoms with Crippen molar-refractivity contribution in [3.05, 3.63) is 170 Å². The molecular weight excluding hydrogens is 718 g/mol. The van der Waals surface area contributed by atoms with E-state index in [1.54, 1.807) is 15.8 Å². The minimum atomic E-state index is -2.46. The Labute approximate surface area is 343 Å². The smallest absolute Gasteiger partial charge is 0.251 e. The summed E-state index contributed by atoms with van der Waals surface area (Å²) < 4.78 is 0. The molecule has 4 saturated carbocycles. The number of benzene rings is 7. The molecule has 58 heavy (non-hydrogen) atoms. The van der Waals surface area contributed by atoms with Gasteiger partial charge in [-0.3, -0.25) is 0 Å². The van der Waals surface area contributed by atoms with E-state index in [1.165, 1.54) is 100 Å². The highest BCUT2D eigenvalue weighted by molar-refractivity contribution is 7.21. The maximum absolute atomic E-state index is 3.01. The van der Waals surface area contributed by atoms with Crippen molar-refractivity contribution in [2.24, 2.45) is 17.8 Å². The largest absolute Gasteiger partial charge is 0.336 e. The van der Waals surface area contributed by atoms with Crippen LogP contribution < -0.4 is 46.6 Å². The van der Waals surface area contributed by atoms with Crippen LogP contribution in [0, 0.1) is 17.8 Å². The Hall–Kier alpha value is -5.78. The maximum atomic E-state index is 3.01. The van der Waals surface area contributed by atoms with Crippen LogP contribution in [0.25, 0.3) is 0 Å². The SMILES string of the molecule is C[Si]1(c2ccccc2)c2cccc3c2B2c4c(cc(N(c5ccccc5)c5ccccc5)cc4N(C45CC6CC(CC(C6)C4)C5)c4cccc1c42)N3c1ccccc1. The van der Waals surface area contributed by atoms with Crippen LogP contribution in [-0.2, 0) is 0 Å². The standard InChI is InChI=1S/C53H46BN3Si/c1-58(43-22-12-5-13-23-43)48-26-14-24-44-51(48)54-50-46(56(44)41-20-10-4-11-21-41)31-42(55(39-16-6-2-7-17-39)40-18-8-3-9-19-40)32-47(50)57(45-25-15-27-49(58)52(45)54)53-33-36-28-37(34-53)30-38(29-36)35-53/h2-27,31-32,36-38H,28-30,33-35H2,1H3. The molecule has 0 aromatic heterocycles. The lowest BCUT2D eigenvalue weighted by Crippen LogP contribution is -2.84. The quantitative estimate of drug-likeness (QED) is 0.157. The van der Waals surface area contributed by atoms with Gasteiger partial charge < -0.3 is 14.7 Å². The molecule has 280 valence electrons. The van der Waals surface area contributed by atoms with Gasteiger partial charge in [-0.15, -0.1) is 0 Å². The molecule has 3 heterocycles. The minimum absolute atomic E-state index is 0.102. The molecule has 7 aromatic rings. The first-order chi connectivity index (χ1) is 28.6. The minimum Gasteiger partial charge on any atom is -0.336 e. The van der Waals surface area contributed by atoms with Gasteiger partial charge in [0.25, 0.3) is 6.71 Å². The van der Waals surface area contributed by atoms with E-state index in [4.69, 9.17) is 0 Å². The van der Waals surface area contributed by atoms with Crippen LogP contribution in [0.3, 0.4) is 0 Å². The zero-order valence-electron chi connectivity index (χ0n) is 33.1. The average molecular weight is 764 g/mol. The van der Waals surface area contributed by atoms with Crippen molar-refractivity contribution in [3.63, 3.8) is 0 Å². The Morgan fingerprint density at radius 1 is 0.500 bits per heavy atom. The molecule has 7 aromatic carbocycles. The van der Waals surface area contributed by atoms with Crippen LogP contribution in [0.1, 0.15) is 38.5 Å². The van der Waals surface area contributed by atoms with E-state index in [0.29, 0.717) is 0 Å². The van der Waals surface area contributed by atoms with E-state index < -0.39 is 8.07 Å². The number of para-hydroxylation sites is 3. The average Bonchev–Trinajstić information content (AvgIpc) is 3.26. The second-order valence-electron chi connectivity index (χ2n) is 18.5. The first-order valence-corrected chi connectivity index (χ1v) is 24.1. The lowest BCUT2D eigenvalue weighted by atomic mass is 9.33. The summed E-state index contributed by atoms with van der Waals surface area (Å²) >= 11 is 0. The predicted molar refractivity (Wildman–Crippen MR) is 247 cm³/mol. The van der Waals surface area contributed by atoms with Gasteiger partial charge in [-0.05, 0) is 139 Å². The normalized spacial score (nSPS) is 25.1. The van der Waals surface area contributed by atoms with Gasteiger partial charge in [-0.2, -0.15) is 0 Å². The highest BCUT2D eigenvalue weighted by Crippen LogP contribution is 2.61. The van der Waals surface area contributed by atoms with E-state index in [2.05, 4.69) is 191 Å². The van der Waals surface area contributed by atoms with Crippen molar-refractivity contribution in [3.8, 4) is 0 Å². The van der Waals surface area contributed by atoms with Gasteiger partial charge in [0.2, 0.25) is 0 Å². The molecule has 0 saturated heterocycles. The second-order valence-corrected chi connectivity index (χ2v) is 22.4. The number of hydrogen-bond acceptors (Lipinski definition) is 3. The van der Waals surface area contributed by atoms with Gasteiger partial charge in [-0.25, -0.2) is 0 Å². The molecule has 1 atom stereocenters. The molecule has 4 aliphatic carbocycles. The zero-order chi connectivity index (χ0) is 38.2. The van der Waals surface area contributed by atoms with Gasteiger partial charge in [-0.1, -0.05) is 126 Å². The summed E-state index contributed by atoms with van der Waals surface area (Å²) in [6.07, 6.45) is 8.16. The topological polar surface area (TPSA) is 9.72 Å². The highest BCUT2D eigenvalue weighted by Gasteiger charge is 2.59. The molecule has 3 nitrogen and oxygen atoms in total. The second kappa shape index (κ2) is 12.1. The molecule has 1 unspecified atom stereocenters. The fourth-order valence-electron chi connectivity index (χ4n) is 13.6. The number of hydrogen-bond donors (Lipinski definition) is 0. The van der Waals surface area contributed by atoms with E-state index >= 15 is 0 Å². The molecule has 5 heteroatoms. The molecule has 0 spiro atoms. The van der Waals surface area contributed by atoms with Crippen molar-refractivity contribution in [2.75, 3.05) is 14.7 Å². The summed E-state index contributed by atoms with van der Waals surface area (Å²) in [7, 11) is -2.46. The monoisotopic (exact) mass is 763 g/mol. The van der Waals surface area contributed by atoms with Crippen LogP contribution >= 0.6 is 0 Å². The van der Waals surface area contributed by atoms with Crippen LogP contribution in [0.2, 0.25) is 6.55 Å². The Kier molecular flexibility index (Phi) is 6.94. The van der Waals surface area contributed by atoms with E-state index in [9.17, 15) is 0 Å². The summed E-state index contributed by atoms with van der Waals surface area (Å²) in [6, 6.07) is 64.8. The fourth-order valence-corrected chi connectivity index (χ4v) is 17.9. The Balaban J connectivity index is 1.17. The van der Waals surface area contributed by atoms with Gasteiger partial charge >= 0.3 is 0 Å². The molecule has 0 N–H and O–H groups in total. The number of anilines is 8. The Bertz CT molecular complexity index is 2680. The van der Waals surface area contributed by atoms with Crippen molar-refractivity contribution >= 4 is 92.2 Å². The Morgan fingerprint density at radius 3 is 1.59 bits per heavy atom. The van der Waals surface area contributed by atoms with E-state index in [1.807, 2.05) is 0 Å². The van der Waals surface area contributed by atoms with Crippen molar-refractivity contribution in [2.45, 2.75) is 50.6 Å². The molecule has 4 bridgehead atoms. The molecule has 7 aliphatic rings. The summed E-state index contributed by atoms with van der Waals surface area (Å²) in [6.45, 7) is 2.81. The highest BCUT2D eigenvalue weighted by atomic mass is 28.3. The summed E-state index contributed by atoms with van der Waals surface area (Å²) in [5.41, 5.74) is 15.0. The molecule has 3 aliphatic heterocycles. The fraction of sp³-hybridized carbons (Fsp3) is 0.208. The lowest BCUT2D eigenvalue weighted by molar-refractivity contribution is 0.000645. The van der Waals surface area contributed by atoms with Crippen LogP contribution in [0.4, 0.5) is 45.5 Å². The van der Waals surface area contributed by atoms with E-state index in [0.717, 1.165) is 17.8 Å². The van der Waals surface area contributed by atoms with Crippen molar-refractivity contribution < 1.29 is 0 Å². The van der Waals surface area contributed by atoms with Gasteiger partial charge in [0.15, 0.2) is 0 Å². The summed E-state index contributed by atoms with van der Waals surface area (Å²) in [5, 5.41) is 4.66. The third-order valence-corrected chi connectivity index (χ3v) is 19.8. The first-order valence-electron chi connectivity index (χ1n) is 21.6. The first kappa shape index (κ1) is 33.2. The maximum Gasteiger partial charge on any atom is 0.251 e. The number of nitrogens with zero attached hydrogens (tertiary/aromatic N) is 3. The summed E-state index contributed by atoms with van der Waals surface area (Å²) in [5.74, 6) is 2.47. The molecule has 14 rings (SSSR count). The van der Waals surface area contributed by atoms with Crippen molar-refractivity contribution in [1.82, 2.24) is 0 Å². The van der Waals surface area contributed by atoms with Gasteiger partial charge in [0.1, 0.15) is 8.07 Å². The molecule has 0 radical (unpaired) electrons. The van der Waals surface area contributed by atoms with Gasteiger partial charge in [0, 0.05) is 45.4 Å². The van der Waals surface area contributed by atoms with E-state index in [-0.39, 0.29) is 12.3 Å². The third kappa shape index (κ3) is 4.46. The van der Waals surface area contributed by atoms with Crippen molar-refractivity contribution in [1.29, 1.82) is 0 Å². The third-order valence-electron chi connectivity index (χ3n) is 15.3. The summed E-state index contributed by atoms with van der Waals surface area (Å²) in [4.78, 5) is 8.14. The predicted octanol–water partition coefficient (Wildman–Crippen LogP) is 9.29. The molecular formula is C53H46BN3Si. The number of rotatable bonds is 6. The Morgan fingerprint density at radius 2 is 1.00 bits per heavy atom. The molecule has 0 amide bonds. The zero-order valence-corrected chi connectivity index (χ0v) is 34.1. The van der Waals surface area contributed by atoms with Gasteiger partial charge in [0.05, 0.1) is 5.69 Å². The van der Waals surface area contributed by atoms with Crippen LogP contribution in [0.15, 0.2) is 170 Å². The van der Waals surface area contributed by atoms with Crippen LogP contribution in [-0.4, -0.2) is 20.3 Å². The molecule has 4 fully saturated rings. The van der Waals surface area contributed by atoms with Crippen LogP contribution in [0.5, 0.6) is 0 Å². The lowest BCUT2D eigenvalue weighted by Gasteiger charge is -2.63.